The lowest BCUT2D eigenvalue weighted by molar-refractivity contribution is -0.384. The highest BCUT2D eigenvalue weighted by molar-refractivity contribution is 5.79. The fourth-order valence-electron chi connectivity index (χ4n) is 1.01. The molecule has 7 heteroatoms. The van der Waals surface area contributed by atoms with Crippen LogP contribution in [0.3, 0.4) is 0 Å². The van der Waals surface area contributed by atoms with Gasteiger partial charge >= 0.3 is 0 Å². The van der Waals surface area contributed by atoms with Gasteiger partial charge in [0, 0.05) is 12.5 Å². The minimum atomic E-state index is -0.504. The summed E-state index contributed by atoms with van der Waals surface area (Å²) in [6.45, 7) is 0.192. The van der Waals surface area contributed by atoms with Gasteiger partial charge in [0.2, 0.25) is 0 Å². The summed E-state index contributed by atoms with van der Waals surface area (Å²) < 4.78 is 5.19. The zero-order chi connectivity index (χ0) is 12.0. The Balaban J connectivity index is 2.54. The van der Waals surface area contributed by atoms with Crippen LogP contribution in [-0.4, -0.2) is 22.6 Å². The highest BCUT2D eigenvalue weighted by Gasteiger charge is 2.06. The van der Waals surface area contributed by atoms with Gasteiger partial charge in [-0.2, -0.15) is 0 Å². The molecule has 0 radical (unpaired) electrons. The number of nitrogens with two attached hydrogens (primary N) is 1. The van der Waals surface area contributed by atoms with Crippen LogP contribution < -0.4 is 10.5 Å². The number of rotatable bonds is 5. The van der Waals surface area contributed by atoms with Gasteiger partial charge in [0.15, 0.2) is 0 Å². The summed E-state index contributed by atoms with van der Waals surface area (Å²) in [6.07, 6.45) is 0.249. The Morgan fingerprint density at radius 3 is 3.00 bits per heavy atom. The number of nitro groups is 1. The standard InChI is InChI=1S/C9H11N3O4/c10-9(11-13)4-5-16-8-3-1-2-7(6-8)12(14)15/h1-3,6,13H,4-5H2,(H2,10,11). The second-order valence-corrected chi connectivity index (χ2v) is 2.94. The third-order valence-corrected chi connectivity index (χ3v) is 1.78. The van der Waals surface area contributed by atoms with Crippen molar-refractivity contribution in [2.75, 3.05) is 6.61 Å². The highest BCUT2D eigenvalue weighted by atomic mass is 16.6. The molecule has 0 saturated heterocycles. The SMILES string of the molecule is N/C(CCOc1cccc([N+](=O)[O-])c1)=N\O. The molecule has 0 atom stereocenters. The fraction of sp³-hybridized carbons (Fsp3) is 0.222. The molecule has 0 saturated carbocycles. The van der Waals surface area contributed by atoms with Gasteiger partial charge in [0.05, 0.1) is 17.6 Å². The lowest BCUT2D eigenvalue weighted by Crippen LogP contribution is -2.15. The van der Waals surface area contributed by atoms with E-state index in [0.29, 0.717) is 5.75 Å². The maximum absolute atomic E-state index is 10.5. The van der Waals surface area contributed by atoms with Crippen molar-refractivity contribution < 1.29 is 14.9 Å². The number of ether oxygens (including phenoxy) is 1. The molecule has 1 aromatic carbocycles. The summed E-state index contributed by atoms with van der Waals surface area (Å²) in [7, 11) is 0. The van der Waals surface area contributed by atoms with Crippen LogP contribution in [0.25, 0.3) is 0 Å². The van der Waals surface area contributed by atoms with Gasteiger partial charge in [0.1, 0.15) is 11.6 Å². The fourth-order valence-corrected chi connectivity index (χ4v) is 1.01. The number of benzene rings is 1. The first-order valence-electron chi connectivity index (χ1n) is 4.47. The molecule has 0 fully saturated rings. The maximum Gasteiger partial charge on any atom is 0.273 e. The average Bonchev–Trinajstić information content (AvgIpc) is 2.29. The third-order valence-electron chi connectivity index (χ3n) is 1.78. The molecule has 1 rings (SSSR count). The van der Waals surface area contributed by atoms with Crippen molar-refractivity contribution in [3.8, 4) is 5.75 Å². The van der Waals surface area contributed by atoms with E-state index in [1.54, 1.807) is 6.07 Å². The predicted molar refractivity (Wildman–Crippen MR) is 56.6 cm³/mol. The van der Waals surface area contributed by atoms with Crippen molar-refractivity contribution in [1.29, 1.82) is 0 Å². The first-order valence-corrected chi connectivity index (χ1v) is 4.47. The van der Waals surface area contributed by atoms with Gasteiger partial charge < -0.3 is 15.7 Å². The molecule has 3 N–H and O–H groups in total. The summed E-state index contributed by atoms with van der Waals surface area (Å²) in [5, 5.41) is 21.5. The lowest BCUT2D eigenvalue weighted by atomic mass is 10.3. The highest BCUT2D eigenvalue weighted by Crippen LogP contribution is 2.18. The normalized spacial score (nSPS) is 11.1. The van der Waals surface area contributed by atoms with E-state index in [1.165, 1.54) is 18.2 Å². The van der Waals surface area contributed by atoms with Crippen molar-refractivity contribution in [2.24, 2.45) is 10.9 Å². The molecule has 0 amide bonds. The molecule has 16 heavy (non-hydrogen) atoms. The lowest BCUT2D eigenvalue weighted by Gasteiger charge is -2.04. The molecule has 0 aliphatic rings. The molecule has 0 aliphatic carbocycles. The molecule has 0 unspecified atom stereocenters. The zero-order valence-corrected chi connectivity index (χ0v) is 8.37. The van der Waals surface area contributed by atoms with Crippen LogP contribution >= 0.6 is 0 Å². The summed E-state index contributed by atoms with van der Waals surface area (Å²) in [4.78, 5) is 9.96. The number of non-ortho nitro benzene ring substituents is 1. The van der Waals surface area contributed by atoms with Crippen LogP contribution in [0.5, 0.6) is 5.75 Å². The molecule has 0 heterocycles. The van der Waals surface area contributed by atoms with Crippen molar-refractivity contribution in [2.45, 2.75) is 6.42 Å². The van der Waals surface area contributed by atoms with Crippen LogP contribution in [0.15, 0.2) is 29.4 Å². The smallest absolute Gasteiger partial charge is 0.273 e. The van der Waals surface area contributed by atoms with Gasteiger partial charge in [-0.3, -0.25) is 10.1 Å². The van der Waals surface area contributed by atoms with E-state index in [9.17, 15) is 10.1 Å². The summed E-state index contributed by atoms with van der Waals surface area (Å²) in [6, 6.07) is 5.80. The molecular weight excluding hydrogens is 214 g/mol. The second kappa shape index (κ2) is 5.54. The van der Waals surface area contributed by atoms with Crippen molar-refractivity contribution in [1.82, 2.24) is 0 Å². The van der Waals surface area contributed by atoms with E-state index in [2.05, 4.69) is 5.16 Å². The molecule has 86 valence electrons. The number of amidine groups is 1. The van der Waals surface area contributed by atoms with Crippen LogP contribution in [0.2, 0.25) is 0 Å². The monoisotopic (exact) mass is 225 g/mol. The summed E-state index contributed by atoms with van der Waals surface area (Å²) in [5.74, 6) is 0.422. The van der Waals surface area contributed by atoms with Gasteiger partial charge in [-0.25, -0.2) is 0 Å². The van der Waals surface area contributed by atoms with E-state index < -0.39 is 4.92 Å². The van der Waals surface area contributed by atoms with Crippen molar-refractivity contribution in [3.05, 3.63) is 34.4 Å². The van der Waals surface area contributed by atoms with Crippen LogP contribution in [0, 0.1) is 10.1 Å². The minimum absolute atomic E-state index is 0.0405. The number of nitro benzene ring substituents is 1. The molecule has 0 aliphatic heterocycles. The molecule has 0 aromatic heterocycles. The molecular formula is C9H11N3O4. The number of hydrogen-bond donors (Lipinski definition) is 2. The summed E-state index contributed by atoms with van der Waals surface area (Å²) >= 11 is 0. The molecule has 0 bridgehead atoms. The Morgan fingerprint density at radius 1 is 1.62 bits per heavy atom. The first kappa shape index (κ1) is 11.8. The minimum Gasteiger partial charge on any atom is -0.493 e. The number of oxime groups is 1. The largest absolute Gasteiger partial charge is 0.493 e. The summed E-state index contributed by atoms with van der Waals surface area (Å²) in [5.41, 5.74) is 5.19. The van der Waals surface area contributed by atoms with Crippen LogP contribution in [-0.2, 0) is 0 Å². The van der Waals surface area contributed by atoms with E-state index in [-0.39, 0.29) is 24.6 Å². The average molecular weight is 225 g/mol. The van der Waals surface area contributed by atoms with Gasteiger partial charge in [-0.05, 0) is 6.07 Å². The van der Waals surface area contributed by atoms with Crippen molar-refractivity contribution >= 4 is 11.5 Å². The van der Waals surface area contributed by atoms with Gasteiger partial charge in [0.25, 0.3) is 5.69 Å². The van der Waals surface area contributed by atoms with E-state index in [0.717, 1.165) is 0 Å². The van der Waals surface area contributed by atoms with E-state index >= 15 is 0 Å². The Kier molecular flexibility index (Phi) is 4.07. The topological polar surface area (TPSA) is 111 Å². The van der Waals surface area contributed by atoms with E-state index in [4.69, 9.17) is 15.7 Å². The van der Waals surface area contributed by atoms with Crippen LogP contribution in [0.1, 0.15) is 6.42 Å². The van der Waals surface area contributed by atoms with E-state index in [1.807, 2.05) is 0 Å². The second-order valence-electron chi connectivity index (χ2n) is 2.94. The van der Waals surface area contributed by atoms with Crippen molar-refractivity contribution in [3.63, 3.8) is 0 Å². The molecule has 1 aromatic rings. The Morgan fingerprint density at radius 2 is 2.38 bits per heavy atom. The van der Waals surface area contributed by atoms with Crippen LogP contribution in [0.4, 0.5) is 5.69 Å². The number of nitrogens with zero attached hydrogens (tertiary/aromatic N) is 2. The van der Waals surface area contributed by atoms with Gasteiger partial charge in [-0.1, -0.05) is 11.2 Å². The molecule has 7 nitrogen and oxygen atoms in total. The Labute approximate surface area is 91.3 Å². The maximum atomic E-state index is 10.5. The first-order chi connectivity index (χ1) is 7.63. The third kappa shape index (κ3) is 3.45. The van der Waals surface area contributed by atoms with Gasteiger partial charge in [-0.15, -0.1) is 0 Å². The zero-order valence-electron chi connectivity index (χ0n) is 8.37. The molecule has 0 spiro atoms. The Hall–Kier alpha value is -2.31. The number of hydrogen-bond acceptors (Lipinski definition) is 5. The predicted octanol–water partition coefficient (Wildman–Crippen LogP) is 1.11. The Bertz CT molecular complexity index is 405. The quantitative estimate of drug-likeness (QED) is 0.256.